The van der Waals surface area contributed by atoms with Crippen molar-refractivity contribution in [1.29, 1.82) is 0 Å². The van der Waals surface area contributed by atoms with Crippen molar-refractivity contribution in [3.8, 4) is 0 Å². The van der Waals surface area contributed by atoms with Crippen LogP contribution < -0.4 is 0 Å². The van der Waals surface area contributed by atoms with E-state index >= 15 is 0 Å². The zero-order valence-electron chi connectivity index (χ0n) is 14.8. The first-order valence-electron chi connectivity index (χ1n) is 9.26. The second-order valence-corrected chi connectivity index (χ2v) is 5.79. The molecule has 128 valence electrons. The summed E-state index contributed by atoms with van der Waals surface area (Å²) in [5, 5.41) is 0. The summed E-state index contributed by atoms with van der Waals surface area (Å²) in [5.41, 5.74) is 0. The third-order valence-electron chi connectivity index (χ3n) is 3.64. The van der Waals surface area contributed by atoms with Crippen LogP contribution in [0.3, 0.4) is 0 Å². The van der Waals surface area contributed by atoms with Crippen LogP contribution >= 0.6 is 0 Å². The molecule has 2 nitrogen and oxygen atoms in total. The largest absolute Gasteiger partial charge is 0.466 e. The van der Waals surface area contributed by atoms with Gasteiger partial charge in [-0.05, 0) is 39.0 Å². The molecule has 2 heteroatoms. The van der Waals surface area contributed by atoms with Gasteiger partial charge in [0.25, 0.3) is 0 Å². The summed E-state index contributed by atoms with van der Waals surface area (Å²) in [5.74, 6) is -0.123. The van der Waals surface area contributed by atoms with Crippen LogP contribution in [0.1, 0.15) is 90.9 Å². The van der Waals surface area contributed by atoms with Crippen LogP contribution in [0.5, 0.6) is 0 Å². The predicted molar refractivity (Wildman–Crippen MR) is 96.0 cm³/mol. The number of unbranched alkanes of at least 4 members (excludes halogenated alkanes) is 9. The summed E-state index contributed by atoms with van der Waals surface area (Å²) in [4.78, 5) is 11.1. The Labute approximate surface area is 138 Å². The molecule has 0 aromatic heterocycles. The van der Waals surface area contributed by atoms with Crippen molar-refractivity contribution in [1.82, 2.24) is 0 Å². The molecule has 0 aromatic carbocycles. The van der Waals surface area contributed by atoms with E-state index in [4.69, 9.17) is 4.74 Å². The van der Waals surface area contributed by atoms with E-state index in [0.717, 1.165) is 6.42 Å². The summed E-state index contributed by atoms with van der Waals surface area (Å²) in [6.45, 7) is 4.55. The normalized spacial score (nSPS) is 11.5. The van der Waals surface area contributed by atoms with Crippen LogP contribution in [0, 0.1) is 0 Å². The molecule has 0 radical (unpaired) electrons. The molecule has 0 rings (SSSR count). The predicted octanol–water partition coefficient (Wildman–Crippen LogP) is 6.36. The maximum Gasteiger partial charge on any atom is 0.309 e. The monoisotopic (exact) mass is 308 g/mol. The van der Waals surface area contributed by atoms with E-state index in [-0.39, 0.29) is 5.97 Å². The number of ether oxygens (including phenoxy) is 1. The number of hydrogen-bond donors (Lipinski definition) is 0. The van der Waals surface area contributed by atoms with E-state index in [0.29, 0.717) is 13.0 Å². The van der Waals surface area contributed by atoms with E-state index < -0.39 is 0 Å². The van der Waals surface area contributed by atoms with Gasteiger partial charge in [-0.2, -0.15) is 0 Å². The molecule has 0 bridgehead atoms. The third kappa shape index (κ3) is 17.0. The summed E-state index contributed by atoms with van der Waals surface area (Å²) in [7, 11) is 0. The second kappa shape index (κ2) is 18.0. The van der Waals surface area contributed by atoms with Gasteiger partial charge in [0.2, 0.25) is 0 Å². The quantitative estimate of drug-likeness (QED) is 0.200. The van der Waals surface area contributed by atoms with Gasteiger partial charge in [-0.1, -0.05) is 69.8 Å². The average Bonchev–Trinajstić information content (AvgIpc) is 2.51. The van der Waals surface area contributed by atoms with Crippen LogP contribution in [-0.4, -0.2) is 12.6 Å². The van der Waals surface area contributed by atoms with Crippen molar-refractivity contribution >= 4 is 5.97 Å². The minimum absolute atomic E-state index is 0.123. The van der Waals surface area contributed by atoms with Crippen molar-refractivity contribution in [2.24, 2.45) is 0 Å². The molecule has 0 aliphatic carbocycles. The molecule has 0 saturated carbocycles. The van der Waals surface area contributed by atoms with E-state index in [1.807, 2.05) is 13.0 Å². The highest BCUT2D eigenvalue weighted by Gasteiger charge is 1.95. The Bertz CT molecular complexity index is 292. The first-order chi connectivity index (χ1) is 10.8. The molecule has 0 fully saturated rings. The number of allylic oxidation sites excluding steroid dienone is 3. The average molecular weight is 309 g/mol. The molecule has 0 atom stereocenters. The van der Waals surface area contributed by atoms with Gasteiger partial charge in [0.15, 0.2) is 0 Å². The van der Waals surface area contributed by atoms with Gasteiger partial charge in [-0.25, -0.2) is 0 Å². The van der Waals surface area contributed by atoms with Gasteiger partial charge in [-0.15, -0.1) is 0 Å². The van der Waals surface area contributed by atoms with E-state index in [1.54, 1.807) is 0 Å². The van der Waals surface area contributed by atoms with Gasteiger partial charge >= 0.3 is 5.97 Å². The maximum atomic E-state index is 11.1. The van der Waals surface area contributed by atoms with Crippen LogP contribution in [0.2, 0.25) is 0 Å². The Balaban J connectivity index is 3.18. The number of carbonyl (C=O) groups is 1. The Hall–Kier alpha value is -1.05. The lowest BCUT2D eigenvalue weighted by Crippen LogP contribution is -2.01. The van der Waals surface area contributed by atoms with Crippen LogP contribution in [-0.2, 0) is 9.53 Å². The lowest BCUT2D eigenvalue weighted by atomic mass is 10.1. The van der Waals surface area contributed by atoms with Gasteiger partial charge in [0, 0.05) is 0 Å². The lowest BCUT2D eigenvalue weighted by Gasteiger charge is -1.99. The Kier molecular flexibility index (Phi) is 17.1. The maximum absolute atomic E-state index is 11.1. The van der Waals surface area contributed by atoms with Crippen LogP contribution in [0.15, 0.2) is 24.3 Å². The van der Waals surface area contributed by atoms with Crippen molar-refractivity contribution in [3.05, 3.63) is 24.3 Å². The van der Waals surface area contributed by atoms with E-state index in [9.17, 15) is 4.79 Å². The highest BCUT2D eigenvalue weighted by atomic mass is 16.5. The van der Waals surface area contributed by atoms with Gasteiger partial charge in [0.05, 0.1) is 13.0 Å². The van der Waals surface area contributed by atoms with E-state index in [2.05, 4.69) is 25.2 Å². The Morgan fingerprint density at radius 3 is 1.77 bits per heavy atom. The van der Waals surface area contributed by atoms with Crippen molar-refractivity contribution in [2.45, 2.75) is 90.9 Å². The number of rotatable bonds is 15. The smallest absolute Gasteiger partial charge is 0.309 e. The molecule has 0 N–H and O–H groups in total. The number of hydrogen-bond acceptors (Lipinski definition) is 2. The first kappa shape index (κ1) is 20.9. The van der Waals surface area contributed by atoms with Gasteiger partial charge < -0.3 is 4.74 Å². The topological polar surface area (TPSA) is 26.3 Å². The van der Waals surface area contributed by atoms with Crippen molar-refractivity contribution < 1.29 is 9.53 Å². The molecule has 0 saturated heterocycles. The fraction of sp³-hybridized carbons (Fsp3) is 0.750. The zero-order chi connectivity index (χ0) is 16.3. The molecule has 0 heterocycles. The molecular weight excluding hydrogens is 272 g/mol. The highest BCUT2D eigenvalue weighted by Crippen LogP contribution is 2.09. The van der Waals surface area contributed by atoms with Crippen molar-refractivity contribution in [2.75, 3.05) is 6.61 Å². The number of carbonyl (C=O) groups excluding carboxylic acids is 1. The summed E-state index contributed by atoms with van der Waals surface area (Å²) < 4.78 is 4.87. The van der Waals surface area contributed by atoms with Gasteiger partial charge in [0.1, 0.15) is 0 Å². The SMILES string of the molecule is CCCC/C=C/CCCCCCCC/C=C/CC(=O)OCC. The fourth-order valence-corrected chi connectivity index (χ4v) is 2.31. The Morgan fingerprint density at radius 2 is 1.23 bits per heavy atom. The molecule has 0 aliphatic heterocycles. The minimum atomic E-state index is -0.123. The summed E-state index contributed by atoms with van der Waals surface area (Å²) in [6.07, 6.45) is 23.3. The van der Waals surface area contributed by atoms with Gasteiger partial charge in [-0.3, -0.25) is 4.79 Å². The molecule has 0 unspecified atom stereocenters. The number of esters is 1. The summed E-state index contributed by atoms with van der Waals surface area (Å²) in [6, 6.07) is 0. The highest BCUT2D eigenvalue weighted by molar-refractivity contribution is 5.71. The standard InChI is InChI=1S/C20H36O2/c1-3-5-6-7-8-9-10-11-12-13-14-15-16-17-18-19-20(21)22-4-2/h7-8,17-18H,3-6,9-16,19H2,1-2H3/b8-7+,18-17+. The molecule has 22 heavy (non-hydrogen) atoms. The molecule has 0 aliphatic rings. The van der Waals surface area contributed by atoms with Crippen molar-refractivity contribution in [3.63, 3.8) is 0 Å². The summed E-state index contributed by atoms with van der Waals surface area (Å²) >= 11 is 0. The van der Waals surface area contributed by atoms with Crippen LogP contribution in [0.4, 0.5) is 0 Å². The lowest BCUT2D eigenvalue weighted by molar-refractivity contribution is -0.142. The molecule has 0 amide bonds. The minimum Gasteiger partial charge on any atom is -0.466 e. The Morgan fingerprint density at radius 1 is 0.727 bits per heavy atom. The van der Waals surface area contributed by atoms with Crippen LogP contribution in [0.25, 0.3) is 0 Å². The second-order valence-electron chi connectivity index (χ2n) is 5.79. The third-order valence-corrected chi connectivity index (χ3v) is 3.64. The fourth-order valence-electron chi connectivity index (χ4n) is 2.31. The molecule has 0 spiro atoms. The van der Waals surface area contributed by atoms with E-state index in [1.165, 1.54) is 64.2 Å². The zero-order valence-corrected chi connectivity index (χ0v) is 14.8. The molecular formula is C20H36O2. The molecule has 0 aromatic rings. The first-order valence-corrected chi connectivity index (χ1v) is 9.26.